The van der Waals surface area contributed by atoms with Crippen LogP contribution in [-0.4, -0.2) is 0 Å². The van der Waals surface area contributed by atoms with Crippen LogP contribution in [0.3, 0.4) is 0 Å². The Bertz CT molecular complexity index is 543. The van der Waals surface area contributed by atoms with Gasteiger partial charge in [-0.2, -0.15) is 0 Å². The van der Waals surface area contributed by atoms with E-state index in [1.54, 1.807) is 19.1 Å². The molecule has 76 valence electrons. The molecule has 0 aliphatic carbocycles. The predicted molar refractivity (Wildman–Crippen MR) is 60.2 cm³/mol. The molecular formula is C12H9ClO2. The Morgan fingerprint density at radius 2 is 1.93 bits per heavy atom. The van der Waals surface area contributed by atoms with Gasteiger partial charge in [-0.1, -0.05) is 29.8 Å². The first-order valence-electron chi connectivity index (χ1n) is 4.53. The molecule has 2 aromatic rings. The van der Waals surface area contributed by atoms with Crippen molar-refractivity contribution in [1.29, 1.82) is 0 Å². The van der Waals surface area contributed by atoms with E-state index in [0.29, 0.717) is 10.8 Å². The summed E-state index contributed by atoms with van der Waals surface area (Å²) in [5.41, 5.74) is 1.27. The second-order valence-electron chi connectivity index (χ2n) is 3.26. The van der Waals surface area contributed by atoms with Gasteiger partial charge in [-0.25, -0.2) is 4.79 Å². The fourth-order valence-electron chi connectivity index (χ4n) is 1.46. The first-order valence-corrected chi connectivity index (χ1v) is 4.91. The van der Waals surface area contributed by atoms with Crippen molar-refractivity contribution in [3.8, 4) is 11.1 Å². The van der Waals surface area contributed by atoms with E-state index in [0.717, 1.165) is 11.1 Å². The summed E-state index contributed by atoms with van der Waals surface area (Å²) in [4.78, 5) is 11.2. The summed E-state index contributed by atoms with van der Waals surface area (Å²) >= 11 is 6.03. The van der Waals surface area contributed by atoms with E-state index in [-0.39, 0.29) is 5.63 Å². The molecule has 0 aliphatic rings. The molecule has 15 heavy (non-hydrogen) atoms. The molecule has 2 nitrogen and oxygen atoms in total. The number of halogens is 1. The van der Waals surface area contributed by atoms with Crippen molar-refractivity contribution in [2.75, 3.05) is 0 Å². The summed E-state index contributed by atoms with van der Waals surface area (Å²) in [5, 5.41) is 0.627. The molecule has 0 radical (unpaired) electrons. The van der Waals surface area contributed by atoms with Crippen LogP contribution in [-0.2, 0) is 0 Å². The summed E-state index contributed by atoms with van der Waals surface area (Å²) in [7, 11) is 0. The van der Waals surface area contributed by atoms with Crippen LogP contribution in [0, 0.1) is 6.92 Å². The van der Waals surface area contributed by atoms with E-state index in [1.807, 2.05) is 18.2 Å². The van der Waals surface area contributed by atoms with E-state index in [1.165, 1.54) is 6.07 Å². The maximum absolute atomic E-state index is 11.2. The van der Waals surface area contributed by atoms with Crippen molar-refractivity contribution in [3.05, 3.63) is 57.6 Å². The minimum absolute atomic E-state index is 0.357. The molecule has 0 unspecified atom stereocenters. The Hall–Kier alpha value is -1.54. The molecule has 1 aromatic carbocycles. The highest BCUT2D eigenvalue weighted by Crippen LogP contribution is 2.26. The summed E-state index contributed by atoms with van der Waals surface area (Å²) in [6.45, 7) is 1.74. The molecule has 0 fully saturated rings. The molecule has 0 saturated heterocycles. The molecule has 0 spiro atoms. The highest BCUT2D eigenvalue weighted by atomic mass is 35.5. The molecule has 0 atom stereocenters. The molecule has 0 bridgehead atoms. The van der Waals surface area contributed by atoms with Gasteiger partial charge in [-0.15, -0.1) is 0 Å². The van der Waals surface area contributed by atoms with E-state index >= 15 is 0 Å². The second-order valence-corrected chi connectivity index (χ2v) is 3.66. The van der Waals surface area contributed by atoms with Crippen molar-refractivity contribution in [3.63, 3.8) is 0 Å². The third-order valence-corrected chi connectivity index (χ3v) is 2.41. The van der Waals surface area contributed by atoms with Crippen LogP contribution in [0.5, 0.6) is 0 Å². The zero-order valence-electron chi connectivity index (χ0n) is 8.16. The Morgan fingerprint density at radius 1 is 1.20 bits per heavy atom. The Kier molecular flexibility index (Phi) is 2.60. The first kappa shape index (κ1) is 9.99. The van der Waals surface area contributed by atoms with Crippen LogP contribution in [0.15, 0.2) is 45.6 Å². The zero-order valence-corrected chi connectivity index (χ0v) is 8.91. The lowest BCUT2D eigenvalue weighted by Gasteiger charge is -2.03. The normalized spacial score (nSPS) is 10.3. The van der Waals surface area contributed by atoms with Gasteiger partial charge < -0.3 is 4.42 Å². The van der Waals surface area contributed by atoms with Gasteiger partial charge in [0.25, 0.3) is 0 Å². The lowest BCUT2D eigenvalue weighted by atomic mass is 10.1. The minimum atomic E-state index is -0.357. The van der Waals surface area contributed by atoms with E-state index in [4.69, 9.17) is 16.0 Å². The van der Waals surface area contributed by atoms with Crippen molar-refractivity contribution in [1.82, 2.24) is 0 Å². The van der Waals surface area contributed by atoms with Crippen LogP contribution in [0.1, 0.15) is 5.76 Å². The molecule has 2 rings (SSSR count). The quantitative estimate of drug-likeness (QED) is 0.739. The summed E-state index contributed by atoms with van der Waals surface area (Å²) in [5.74, 6) is 0.581. The molecule has 0 aliphatic heterocycles. The Labute approximate surface area is 92.1 Å². The first-order chi connectivity index (χ1) is 7.16. The van der Waals surface area contributed by atoms with Gasteiger partial charge in [0, 0.05) is 16.7 Å². The summed E-state index contributed by atoms with van der Waals surface area (Å²) in [6, 6.07) is 10.6. The van der Waals surface area contributed by atoms with Gasteiger partial charge in [0.05, 0.1) is 0 Å². The molecule has 0 saturated carbocycles. The van der Waals surface area contributed by atoms with Crippen molar-refractivity contribution in [2.45, 2.75) is 6.92 Å². The number of rotatable bonds is 1. The van der Waals surface area contributed by atoms with Crippen molar-refractivity contribution >= 4 is 11.6 Å². The largest absolute Gasteiger partial charge is 0.428 e. The number of hydrogen-bond donors (Lipinski definition) is 0. The Morgan fingerprint density at radius 3 is 2.60 bits per heavy atom. The van der Waals surface area contributed by atoms with E-state index in [9.17, 15) is 4.79 Å². The van der Waals surface area contributed by atoms with Gasteiger partial charge in [0.1, 0.15) is 5.76 Å². The number of hydrogen-bond acceptors (Lipinski definition) is 2. The van der Waals surface area contributed by atoms with Gasteiger partial charge in [0.15, 0.2) is 0 Å². The highest BCUT2D eigenvalue weighted by Gasteiger charge is 2.04. The number of aryl methyl sites for hydroxylation is 1. The third-order valence-electron chi connectivity index (χ3n) is 2.08. The molecule has 1 heterocycles. The molecule has 0 amide bonds. The third kappa shape index (κ3) is 2.10. The molecular weight excluding hydrogens is 212 g/mol. The molecule has 0 N–H and O–H groups in total. The van der Waals surface area contributed by atoms with Gasteiger partial charge in [-0.3, -0.25) is 0 Å². The highest BCUT2D eigenvalue weighted by molar-refractivity contribution is 6.33. The maximum atomic E-state index is 11.2. The van der Waals surface area contributed by atoms with Gasteiger partial charge >= 0.3 is 5.63 Å². The topological polar surface area (TPSA) is 30.2 Å². The van der Waals surface area contributed by atoms with Gasteiger partial charge in [0.2, 0.25) is 0 Å². The number of benzene rings is 1. The Balaban J connectivity index is 2.64. The standard InChI is InChI=1S/C12H9ClO2/c1-8-6-9(7-12(14)15-8)10-4-2-3-5-11(10)13/h2-7H,1H3. The SMILES string of the molecule is Cc1cc(-c2ccccc2Cl)cc(=O)o1. The monoisotopic (exact) mass is 220 g/mol. The average Bonchev–Trinajstić information content (AvgIpc) is 2.16. The van der Waals surface area contributed by atoms with Gasteiger partial charge in [-0.05, 0) is 24.6 Å². The van der Waals surface area contributed by atoms with Crippen molar-refractivity contribution in [2.24, 2.45) is 0 Å². The minimum Gasteiger partial charge on any atom is -0.428 e. The molecule has 1 aromatic heterocycles. The smallest absolute Gasteiger partial charge is 0.336 e. The lowest BCUT2D eigenvalue weighted by molar-refractivity contribution is 0.481. The van der Waals surface area contributed by atoms with Crippen LogP contribution < -0.4 is 5.63 Å². The van der Waals surface area contributed by atoms with E-state index < -0.39 is 0 Å². The summed E-state index contributed by atoms with van der Waals surface area (Å²) in [6.07, 6.45) is 0. The van der Waals surface area contributed by atoms with Crippen LogP contribution in [0.4, 0.5) is 0 Å². The molecule has 3 heteroatoms. The average molecular weight is 221 g/mol. The van der Waals surface area contributed by atoms with Crippen LogP contribution in [0.25, 0.3) is 11.1 Å². The predicted octanol–water partition coefficient (Wildman–Crippen LogP) is 3.27. The fourth-order valence-corrected chi connectivity index (χ4v) is 1.70. The van der Waals surface area contributed by atoms with Crippen LogP contribution in [0.2, 0.25) is 5.02 Å². The second kappa shape index (κ2) is 3.91. The van der Waals surface area contributed by atoms with E-state index in [2.05, 4.69) is 0 Å². The zero-order chi connectivity index (χ0) is 10.8. The lowest BCUT2D eigenvalue weighted by Crippen LogP contribution is -1.98. The fraction of sp³-hybridized carbons (Fsp3) is 0.0833. The summed E-state index contributed by atoms with van der Waals surface area (Å²) < 4.78 is 4.88. The van der Waals surface area contributed by atoms with Crippen LogP contribution >= 0.6 is 11.6 Å². The van der Waals surface area contributed by atoms with Crippen molar-refractivity contribution < 1.29 is 4.42 Å². The maximum Gasteiger partial charge on any atom is 0.336 e.